The van der Waals surface area contributed by atoms with Crippen molar-refractivity contribution >= 4 is 11.8 Å². The molecule has 2 aromatic carbocycles. The molecule has 150 valence electrons. The molecule has 1 unspecified atom stereocenters. The summed E-state index contributed by atoms with van der Waals surface area (Å²) in [5.74, 6) is -1.02. The van der Waals surface area contributed by atoms with Gasteiger partial charge in [0.05, 0.1) is 0 Å². The summed E-state index contributed by atoms with van der Waals surface area (Å²) in [6, 6.07) is 15.0. The summed E-state index contributed by atoms with van der Waals surface area (Å²) >= 11 is 0. The van der Waals surface area contributed by atoms with Gasteiger partial charge in [-0.25, -0.2) is 4.39 Å². The highest BCUT2D eigenvalue weighted by molar-refractivity contribution is 5.84. The van der Waals surface area contributed by atoms with Gasteiger partial charge in [0.1, 0.15) is 0 Å². The molecular weight excluding hydrogens is 379 g/mol. The number of carbonyl (C=O) groups excluding carboxylic acids is 2. The highest BCUT2D eigenvalue weighted by Crippen LogP contribution is 2.18. The van der Waals surface area contributed by atoms with E-state index in [9.17, 15) is 14.0 Å². The Balaban J connectivity index is 1.42. The van der Waals surface area contributed by atoms with Gasteiger partial charge in [-0.2, -0.15) is 0 Å². The summed E-state index contributed by atoms with van der Waals surface area (Å²) in [5, 5.41) is 7.85. The topological polar surface area (TPSA) is 106 Å². The van der Waals surface area contributed by atoms with Crippen molar-refractivity contribution in [2.24, 2.45) is 0 Å². The van der Waals surface area contributed by atoms with Crippen LogP contribution >= 0.6 is 0 Å². The SMILES string of the molecule is CC(Oc1ccccc1F)C(=O)NNC(=O)CCc1nnc(-c2ccccc2)o1. The lowest BCUT2D eigenvalue weighted by Crippen LogP contribution is -2.47. The van der Waals surface area contributed by atoms with Crippen LogP contribution in [0.3, 0.4) is 0 Å². The zero-order valence-corrected chi connectivity index (χ0v) is 15.6. The average Bonchev–Trinajstić information content (AvgIpc) is 3.22. The number of aryl methyl sites for hydroxylation is 1. The van der Waals surface area contributed by atoms with Crippen LogP contribution in [0, 0.1) is 5.82 Å². The first-order valence-electron chi connectivity index (χ1n) is 8.90. The summed E-state index contributed by atoms with van der Waals surface area (Å²) in [7, 11) is 0. The maximum atomic E-state index is 13.6. The molecule has 0 bridgehead atoms. The summed E-state index contributed by atoms with van der Waals surface area (Å²) in [6.45, 7) is 1.44. The number of nitrogens with zero attached hydrogens (tertiary/aromatic N) is 2. The van der Waals surface area contributed by atoms with Crippen LogP contribution in [0.4, 0.5) is 4.39 Å². The molecule has 0 fully saturated rings. The Morgan fingerprint density at radius 3 is 2.55 bits per heavy atom. The predicted molar refractivity (Wildman–Crippen MR) is 101 cm³/mol. The molecule has 3 rings (SSSR count). The minimum atomic E-state index is -1.00. The van der Waals surface area contributed by atoms with Gasteiger partial charge in [0.15, 0.2) is 17.7 Å². The van der Waals surface area contributed by atoms with E-state index in [4.69, 9.17) is 9.15 Å². The Morgan fingerprint density at radius 1 is 1.07 bits per heavy atom. The lowest BCUT2D eigenvalue weighted by Gasteiger charge is -2.15. The lowest BCUT2D eigenvalue weighted by molar-refractivity contribution is -0.132. The molecule has 9 heteroatoms. The van der Waals surface area contributed by atoms with Crippen LogP contribution in [0.15, 0.2) is 59.0 Å². The van der Waals surface area contributed by atoms with Crippen LogP contribution in [0.1, 0.15) is 19.2 Å². The number of benzene rings is 2. The molecular formula is C20H19FN4O4. The van der Waals surface area contributed by atoms with Gasteiger partial charge in [-0.1, -0.05) is 30.3 Å². The van der Waals surface area contributed by atoms with Crippen LogP contribution in [0.25, 0.3) is 11.5 Å². The van der Waals surface area contributed by atoms with Crippen LogP contribution in [0.2, 0.25) is 0 Å². The summed E-state index contributed by atoms with van der Waals surface area (Å²) in [6.07, 6.45) is -0.765. The second-order valence-corrected chi connectivity index (χ2v) is 6.09. The van der Waals surface area contributed by atoms with Crippen molar-refractivity contribution in [2.45, 2.75) is 25.9 Å². The fraction of sp³-hybridized carbons (Fsp3) is 0.200. The molecule has 0 radical (unpaired) electrons. The third kappa shape index (κ3) is 5.61. The fourth-order valence-corrected chi connectivity index (χ4v) is 2.35. The highest BCUT2D eigenvalue weighted by atomic mass is 19.1. The second kappa shape index (κ2) is 9.45. The van der Waals surface area contributed by atoms with E-state index < -0.39 is 23.7 Å². The van der Waals surface area contributed by atoms with E-state index in [1.807, 2.05) is 30.3 Å². The van der Waals surface area contributed by atoms with E-state index in [1.165, 1.54) is 25.1 Å². The number of halogens is 1. The van der Waals surface area contributed by atoms with Gasteiger partial charge in [-0.05, 0) is 31.2 Å². The quantitative estimate of drug-likeness (QED) is 0.592. The summed E-state index contributed by atoms with van der Waals surface area (Å²) in [5.41, 5.74) is 5.29. The van der Waals surface area contributed by atoms with Crippen LogP contribution in [-0.4, -0.2) is 28.1 Å². The van der Waals surface area contributed by atoms with Gasteiger partial charge >= 0.3 is 0 Å². The molecule has 2 amide bonds. The number of amides is 2. The van der Waals surface area contributed by atoms with E-state index in [-0.39, 0.29) is 18.6 Å². The summed E-state index contributed by atoms with van der Waals surface area (Å²) in [4.78, 5) is 23.9. The lowest BCUT2D eigenvalue weighted by atomic mass is 10.2. The first kappa shape index (κ1) is 20.0. The molecule has 0 saturated carbocycles. The highest BCUT2D eigenvalue weighted by Gasteiger charge is 2.17. The Hall–Kier alpha value is -3.75. The molecule has 29 heavy (non-hydrogen) atoms. The number of hydrogen-bond donors (Lipinski definition) is 2. The minimum absolute atomic E-state index is 0.0270. The average molecular weight is 398 g/mol. The number of ether oxygens (including phenoxy) is 1. The van der Waals surface area contributed by atoms with Gasteiger partial charge in [0.25, 0.3) is 5.91 Å². The molecule has 0 saturated heterocycles. The van der Waals surface area contributed by atoms with Crippen molar-refractivity contribution in [3.05, 3.63) is 66.3 Å². The molecule has 1 atom stereocenters. The molecule has 0 spiro atoms. The first-order chi connectivity index (χ1) is 14.0. The van der Waals surface area contributed by atoms with Crippen LogP contribution in [0.5, 0.6) is 5.75 Å². The zero-order chi connectivity index (χ0) is 20.6. The predicted octanol–water partition coefficient (Wildman–Crippen LogP) is 2.42. The number of carbonyl (C=O) groups is 2. The van der Waals surface area contributed by atoms with Gasteiger partial charge in [-0.15, -0.1) is 10.2 Å². The number of hydrogen-bond acceptors (Lipinski definition) is 6. The molecule has 1 aromatic heterocycles. The molecule has 3 aromatic rings. The van der Waals surface area contributed by atoms with E-state index in [0.717, 1.165) is 5.56 Å². The molecule has 0 aliphatic heterocycles. The van der Waals surface area contributed by atoms with Crippen LogP contribution < -0.4 is 15.6 Å². The van der Waals surface area contributed by atoms with E-state index in [0.29, 0.717) is 11.8 Å². The summed E-state index contributed by atoms with van der Waals surface area (Å²) < 4.78 is 24.3. The van der Waals surface area contributed by atoms with E-state index >= 15 is 0 Å². The van der Waals surface area contributed by atoms with Crippen molar-refractivity contribution in [1.82, 2.24) is 21.0 Å². The molecule has 8 nitrogen and oxygen atoms in total. The largest absolute Gasteiger partial charge is 0.478 e. The smallest absolute Gasteiger partial charge is 0.279 e. The van der Waals surface area contributed by atoms with Crippen molar-refractivity contribution in [3.8, 4) is 17.2 Å². The minimum Gasteiger partial charge on any atom is -0.478 e. The molecule has 0 aliphatic carbocycles. The van der Waals surface area contributed by atoms with Gasteiger partial charge < -0.3 is 9.15 Å². The Kier molecular flexibility index (Phi) is 6.51. The molecule has 0 aliphatic rings. The van der Waals surface area contributed by atoms with Crippen LogP contribution in [-0.2, 0) is 16.0 Å². The normalized spacial score (nSPS) is 11.5. The van der Waals surface area contributed by atoms with Crippen molar-refractivity contribution in [2.75, 3.05) is 0 Å². The van der Waals surface area contributed by atoms with Gasteiger partial charge in [-0.3, -0.25) is 20.4 Å². The maximum Gasteiger partial charge on any atom is 0.279 e. The maximum absolute atomic E-state index is 13.6. The molecule has 2 N–H and O–H groups in total. The number of rotatable bonds is 7. The third-order valence-corrected chi connectivity index (χ3v) is 3.89. The first-order valence-corrected chi connectivity index (χ1v) is 8.90. The number of hydrazine groups is 1. The third-order valence-electron chi connectivity index (χ3n) is 3.89. The Labute approximate surface area is 166 Å². The van der Waals surface area contributed by atoms with E-state index in [1.54, 1.807) is 6.07 Å². The Morgan fingerprint density at radius 2 is 1.79 bits per heavy atom. The molecule has 1 heterocycles. The Bertz CT molecular complexity index is 977. The monoisotopic (exact) mass is 398 g/mol. The van der Waals surface area contributed by atoms with E-state index in [2.05, 4.69) is 21.0 Å². The number of nitrogens with one attached hydrogen (secondary N) is 2. The fourth-order valence-electron chi connectivity index (χ4n) is 2.35. The van der Waals surface area contributed by atoms with Crippen molar-refractivity contribution in [1.29, 1.82) is 0 Å². The standard InChI is InChI=1S/C20H19FN4O4/c1-13(28-16-10-6-5-9-15(16)21)19(27)24-22-17(26)11-12-18-23-25-20(29-18)14-7-3-2-4-8-14/h2-10,13H,11-12H2,1H3,(H,22,26)(H,24,27). The van der Waals surface area contributed by atoms with Gasteiger partial charge in [0, 0.05) is 18.4 Å². The van der Waals surface area contributed by atoms with Crippen molar-refractivity contribution in [3.63, 3.8) is 0 Å². The second-order valence-electron chi connectivity index (χ2n) is 6.09. The van der Waals surface area contributed by atoms with Gasteiger partial charge in [0.2, 0.25) is 17.7 Å². The zero-order valence-electron chi connectivity index (χ0n) is 15.6. The van der Waals surface area contributed by atoms with Crippen molar-refractivity contribution < 1.29 is 23.1 Å². The number of aromatic nitrogens is 2. The number of para-hydroxylation sites is 1.